The SMILES string of the molecule is N#Cc1c(F)c(Cl)cc2c1OCCO2. The van der Waals surface area contributed by atoms with Crippen molar-refractivity contribution in [3.05, 3.63) is 22.5 Å². The Kier molecular flexibility index (Phi) is 2.18. The summed E-state index contributed by atoms with van der Waals surface area (Å²) in [5.74, 6) is -0.307. The van der Waals surface area contributed by atoms with Gasteiger partial charge >= 0.3 is 0 Å². The van der Waals surface area contributed by atoms with Crippen LogP contribution in [0.15, 0.2) is 6.07 Å². The Morgan fingerprint density at radius 2 is 2.14 bits per heavy atom. The van der Waals surface area contributed by atoms with Crippen molar-refractivity contribution in [3.8, 4) is 17.6 Å². The molecule has 3 nitrogen and oxygen atoms in total. The van der Waals surface area contributed by atoms with E-state index in [1.807, 2.05) is 0 Å². The third-order valence-corrected chi connectivity index (χ3v) is 2.11. The van der Waals surface area contributed by atoms with Gasteiger partial charge in [0.2, 0.25) is 0 Å². The van der Waals surface area contributed by atoms with E-state index in [1.165, 1.54) is 6.07 Å². The summed E-state index contributed by atoms with van der Waals surface area (Å²) in [6.07, 6.45) is 0. The van der Waals surface area contributed by atoms with Crippen molar-refractivity contribution in [2.45, 2.75) is 0 Å². The number of benzene rings is 1. The topological polar surface area (TPSA) is 42.2 Å². The highest BCUT2D eigenvalue weighted by atomic mass is 35.5. The van der Waals surface area contributed by atoms with Gasteiger partial charge in [-0.25, -0.2) is 4.39 Å². The Balaban J connectivity index is 2.67. The number of fused-ring (bicyclic) bond motifs is 1. The van der Waals surface area contributed by atoms with Crippen LogP contribution in [0.2, 0.25) is 5.02 Å². The second-order valence-electron chi connectivity index (χ2n) is 2.68. The normalized spacial score (nSPS) is 13.5. The van der Waals surface area contributed by atoms with Crippen molar-refractivity contribution < 1.29 is 13.9 Å². The smallest absolute Gasteiger partial charge is 0.182 e. The molecule has 0 aliphatic carbocycles. The van der Waals surface area contributed by atoms with Crippen LogP contribution < -0.4 is 9.47 Å². The van der Waals surface area contributed by atoms with Crippen molar-refractivity contribution in [2.75, 3.05) is 13.2 Å². The first-order chi connectivity index (χ1) is 6.74. The fourth-order valence-electron chi connectivity index (χ4n) is 1.23. The Morgan fingerprint density at radius 1 is 1.43 bits per heavy atom. The maximum absolute atomic E-state index is 13.3. The zero-order chi connectivity index (χ0) is 10.1. The third kappa shape index (κ3) is 1.26. The van der Waals surface area contributed by atoms with Crippen LogP contribution in [-0.4, -0.2) is 13.2 Å². The maximum atomic E-state index is 13.3. The van der Waals surface area contributed by atoms with Crippen LogP contribution in [-0.2, 0) is 0 Å². The molecule has 0 fully saturated rings. The Morgan fingerprint density at radius 3 is 2.86 bits per heavy atom. The van der Waals surface area contributed by atoms with E-state index < -0.39 is 5.82 Å². The molecule has 0 spiro atoms. The molecule has 0 saturated heterocycles. The summed E-state index contributed by atoms with van der Waals surface area (Å²) in [5, 5.41) is 8.58. The Labute approximate surface area is 84.6 Å². The molecule has 0 unspecified atom stereocenters. The lowest BCUT2D eigenvalue weighted by molar-refractivity contribution is 0.170. The molecule has 0 saturated carbocycles. The van der Waals surface area contributed by atoms with Crippen LogP contribution in [0.5, 0.6) is 11.5 Å². The van der Waals surface area contributed by atoms with Gasteiger partial charge in [-0.1, -0.05) is 11.6 Å². The van der Waals surface area contributed by atoms with Gasteiger partial charge in [-0.15, -0.1) is 0 Å². The molecule has 1 aromatic carbocycles. The van der Waals surface area contributed by atoms with Gasteiger partial charge in [-0.3, -0.25) is 0 Å². The molecular formula is C9H5ClFNO2. The Hall–Kier alpha value is -1.47. The average Bonchev–Trinajstić information content (AvgIpc) is 2.20. The van der Waals surface area contributed by atoms with Gasteiger partial charge in [0.15, 0.2) is 17.3 Å². The molecule has 0 atom stereocenters. The fraction of sp³-hybridized carbons (Fsp3) is 0.222. The van der Waals surface area contributed by atoms with E-state index in [0.29, 0.717) is 19.0 Å². The number of hydrogen-bond acceptors (Lipinski definition) is 3. The van der Waals surface area contributed by atoms with Crippen LogP contribution >= 0.6 is 11.6 Å². The third-order valence-electron chi connectivity index (χ3n) is 1.84. The predicted molar refractivity (Wildman–Crippen MR) is 47.1 cm³/mol. The molecule has 14 heavy (non-hydrogen) atoms. The predicted octanol–water partition coefficient (Wildman–Crippen LogP) is 2.12. The molecule has 0 bridgehead atoms. The van der Waals surface area contributed by atoms with Gasteiger partial charge in [0, 0.05) is 6.07 Å². The first-order valence-electron chi connectivity index (χ1n) is 3.91. The lowest BCUT2D eigenvalue weighted by atomic mass is 10.2. The van der Waals surface area contributed by atoms with Gasteiger partial charge in [0.05, 0.1) is 5.02 Å². The summed E-state index contributed by atoms with van der Waals surface area (Å²) in [5.41, 5.74) is -0.202. The zero-order valence-electron chi connectivity index (χ0n) is 7.01. The van der Waals surface area contributed by atoms with Gasteiger partial charge in [-0.2, -0.15) is 5.26 Å². The summed E-state index contributed by atoms with van der Waals surface area (Å²) < 4.78 is 23.6. The van der Waals surface area contributed by atoms with Gasteiger partial charge in [0.1, 0.15) is 24.8 Å². The molecule has 0 radical (unpaired) electrons. The molecule has 1 heterocycles. The highest BCUT2D eigenvalue weighted by molar-refractivity contribution is 6.31. The number of rotatable bonds is 0. The van der Waals surface area contributed by atoms with Crippen LogP contribution in [0.3, 0.4) is 0 Å². The number of nitriles is 1. The molecule has 2 rings (SSSR count). The molecule has 72 valence electrons. The first kappa shape index (κ1) is 9.10. The summed E-state index contributed by atoms with van der Waals surface area (Å²) in [6.45, 7) is 0.683. The largest absolute Gasteiger partial charge is 0.486 e. The number of halogens is 2. The van der Waals surface area contributed by atoms with Crippen LogP contribution in [0.4, 0.5) is 4.39 Å². The molecule has 1 aliphatic rings. The van der Waals surface area contributed by atoms with Crippen LogP contribution in [0.25, 0.3) is 0 Å². The van der Waals surface area contributed by atoms with Gasteiger partial charge < -0.3 is 9.47 Å². The van der Waals surface area contributed by atoms with E-state index >= 15 is 0 Å². The number of ether oxygens (including phenoxy) is 2. The molecule has 0 aromatic heterocycles. The quantitative estimate of drug-likeness (QED) is 0.663. The van der Waals surface area contributed by atoms with E-state index in [0.717, 1.165) is 0 Å². The van der Waals surface area contributed by atoms with E-state index in [2.05, 4.69) is 0 Å². The first-order valence-corrected chi connectivity index (χ1v) is 4.29. The lowest BCUT2D eigenvalue weighted by Crippen LogP contribution is -2.16. The molecular weight excluding hydrogens is 209 g/mol. The fourth-order valence-corrected chi connectivity index (χ4v) is 1.43. The number of hydrogen-bond donors (Lipinski definition) is 0. The van der Waals surface area contributed by atoms with E-state index in [-0.39, 0.29) is 16.3 Å². The van der Waals surface area contributed by atoms with Crippen molar-refractivity contribution in [1.82, 2.24) is 0 Å². The highest BCUT2D eigenvalue weighted by Crippen LogP contribution is 2.38. The molecule has 0 N–H and O–H groups in total. The minimum absolute atomic E-state index is 0.134. The van der Waals surface area contributed by atoms with Crippen LogP contribution in [0.1, 0.15) is 5.56 Å². The Bertz CT molecular complexity index is 428. The van der Waals surface area contributed by atoms with E-state index in [4.69, 9.17) is 26.3 Å². The minimum atomic E-state index is -0.765. The summed E-state index contributed by atoms with van der Waals surface area (Å²) in [7, 11) is 0. The summed E-state index contributed by atoms with van der Waals surface area (Å²) in [6, 6.07) is 3.01. The van der Waals surface area contributed by atoms with Crippen molar-refractivity contribution in [2.24, 2.45) is 0 Å². The second kappa shape index (κ2) is 3.35. The zero-order valence-corrected chi connectivity index (χ0v) is 7.77. The molecule has 5 heteroatoms. The van der Waals surface area contributed by atoms with Crippen molar-refractivity contribution in [1.29, 1.82) is 5.26 Å². The molecule has 0 amide bonds. The van der Waals surface area contributed by atoms with Gasteiger partial charge in [0.25, 0.3) is 0 Å². The van der Waals surface area contributed by atoms with E-state index in [9.17, 15) is 4.39 Å². The number of nitrogens with zero attached hydrogens (tertiary/aromatic N) is 1. The average molecular weight is 214 g/mol. The lowest BCUT2D eigenvalue weighted by Gasteiger charge is -2.19. The second-order valence-corrected chi connectivity index (χ2v) is 3.09. The maximum Gasteiger partial charge on any atom is 0.182 e. The van der Waals surface area contributed by atoms with E-state index in [1.54, 1.807) is 6.07 Å². The van der Waals surface area contributed by atoms with Gasteiger partial charge in [-0.05, 0) is 0 Å². The van der Waals surface area contributed by atoms with Crippen LogP contribution in [0, 0.1) is 17.1 Å². The monoisotopic (exact) mass is 213 g/mol. The van der Waals surface area contributed by atoms with Crippen molar-refractivity contribution >= 4 is 11.6 Å². The highest BCUT2D eigenvalue weighted by Gasteiger charge is 2.22. The standard InChI is InChI=1S/C9H5ClFNO2/c10-6-3-7-9(14-2-1-13-7)5(4-12)8(6)11/h3H,1-2H2. The van der Waals surface area contributed by atoms with Crippen molar-refractivity contribution in [3.63, 3.8) is 0 Å². The summed E-state index contributed by atoms with van der Waals surface area (Å²) in [4.78, 5) is 0. The summed E-state index contributed by atoms with van der Waals surface area (Å²) >= 11 is 5.57. The molecule has 1 aromatic rings. The minimum Gasteiger partial charge on any atom is -0.486 e. The molecule has 1 aliphatic heterocycles.